The Morgan fingerprint density at radius 3 is 2.89 bits per heavy atom. The fraction of sp³-hybridized carbons (Fsp3) is 0.500. The van der Waals surface area contributed by atoms with Crippen LogP contribution < -0.4 is 5.14 Å². The second-order valence-corrected chi connectivity index (χ2v) is 6.90. The van der Waals surface area contributed by atoms with E-state index in [-0.39, 0.29) is 17.6 Å². The molecule has 0 amide bonds. The first kappa shape index (κ1) is 14.7. The molecule has 0 radical (unpaired) electrons. The van der Waals surface area contributed by atoms with E-state index < -0.39 is 10.0 Å². The highest BCUT2D eigenvalue weighted by atomic mass is 35.5. The second kappa shape index (κ2) is 5.75. The zero-order valence-electron chi connectivity index (χ0n) is 10.4. The van der Waals surface area contributed by atoms with Crippen molar-refractivity contribution < 1.29 is 12.8 Å². The van der Waals surface area contributed by atoms with Crippen molar-refractivity contribution in [2.45, 2.75) is 25.4 Å². The van der Waals surface area contributed by atoms with Gasteiger partial charge in [0.15, 0.2) is 0 Å². The smallest absolute Gasteiger partial charge is 0.210 e. The molecule has 1 aliphatic heterocycles. The van der Waals surface area contributed by atoms with Gasteiger partial charge in [0.2, 0.25) is 10.0 Å². The third-order valence-electron chi connectivity index (χ3n) is 3.30. The lowest BCUT2D eigenvalue weighted by atomic mass is 10.2. The van der Waals surface area contributed by atoms with E-state index in [0.717, 1.165) is 19.4 Å². The van der Waals surface area contributed by atoms with Crippen LogP contribution in [0.25, 0.3) is 0 Å². The molecule has 2 rings (SSSR count). The first-order chi connectivity index (χ1) is 8.85. The average molecular weight is 307 g/mol. The minimum absolute atomic E-state index is 0.0695. The number of rotatable bonds is 4. The van der Waals surface area contributed by atoms with Crippen molar-refractivity contribution in [3.05, 3.63) is 34.6 Å². The molecule has 1 aromatic carbocycles. The summed E-state index contributed by atoms with van der Waals surface area (Å²) in [6.07, 6.45) is 1.69. The quantitative estimate of drug-likeness (QED) is 0.921. The Morgan fingerprint density at radius 1 is 1.47 bits per heavy atom. The number of hydrogen-bond acceptors (Lipinski definition) is 3. The SMILES string of the molecule is NS(=O)(=O)C[C@H]1CCCN1Cc1cc(F)ccc1Cl. The van der Waals surface area contributed by atoms with Gasteiger partial charge in [-0.1, -0.05) is 11.6 Å². The van der Waals surface area contributed by atoms with Crippen molar-refractivity contribution in [3.63, 3.8) is 0 Å². The minimum Gasteiger partial charge on any atom is -0.295 e. The lowest BCUT2D eigenvalue weighted by Gasteiger charge is -2.24. The molecule has 1 aliphatic rings. The maximum atomic E-state index is 13.2. The molecule has 7 heteroatoms. The number of nitrogens with two attached hydrogens (primary N) is 1. The molecule has 19 heavy (non-hydrogen) atoms. The van der Waals surface area contributed by atoms with Gasteiger partial charge in [-0.15, -0.1) is 0 Å². The van der Waals surface area contributed by atoms with Crippen LogP contribution in [-0.4, -0.2) is 31.7 Å². The van der Waals surface area contributed by atoms with Crippen LogP contribution in [0.1, 0.15) is 18.4 Å². The van der Waals surface area contributed by atoms with E-state index >= 15 is 0 Å². The molecule has 1 atom stereocenters. The molecule has 0 bridgehead atoms. The Morgan fingerprint density at radius 2 is 2.21 bits per heavy atom. The molecular formula is C12H16ClFN2O2S. The summed E-state index contributed by atoms with van der Waals surface area (Å²) in [7, 11) is -3.50. The van der Waals surface area contributed by atoms with Crippen LogP contribution in [0.2, 0.25) is 5.02 Å². The van der Waals surface area contributed by atoms with E-state index in [9.17, 15) is 12.8 Å². The van der Waals surface area contributed by atoms with Crippen molar-refractivity contribution in [1.82, 2.24) is 4.90 Å². The molecule has 0 spiro atoms. The molecule has 2 N–H and O–H groups in total. The number of sulfonamides is 1. The lowest BCUT2D eigenvalue weighted by Crippen LogP contribution is -2.37. The van der Waals surface area contributed by atoms with Gasteiger partial charge < -0.3 is 0 Å². The van der Waals surface area contributed by atoms with Crippen molar-refractivity contribution in [2.75, 3.05) is 12.3 Å². The van der Waals surface area contributed by atoms with Crippen LogP contribution in [0.15, 0.2) is 18.2 Å². The summed E-state index contributed by atoms with van der Waals surface area (Å²) < 4.78 is 35.5. The van der Waals surface area contributed by atoms with Crippen LogP contribution in [0.3, 0.4) is 0 Å². The van der Waals surface area contributed by atoms with Gasteiger partial charge >= 0.3 is 0 Å². The van der Waals surface area contributed by atoms with Crippen LogP contribution in [0.5, 0.6) is 0 Å². The summed E-state index contributed by atoms with van der Waals surface area (Å²) in [4.78, 5) is 1.99. The zero-order chi connectivity index (χ0) is 14.0. The van der Waals surface area contributed by atoms with Gasteiger partial charge in [-0.2, -0.15) is 0 Å². The second-order valence-electron chi connectivity index (χ2n) is 4.83. The monoisotopic (exact) mass is 306 g/mol. The number of halogens is 2. The van der Waals surface area contributed by atoms with Crippen LogP contribution in [0, 0.1) is 5.82 Å². The van der Waals surface area contributed by atoms with E-state index in [2.05, 4.69) is 0 Å². The Balaban J connectivity index is 2.11. The molecule has 4 nitrogen and oxygen atoms in total. The third-order valence-corrected chi connectivity index (χ3v) is 4.52. The highest BCUT2D eigenvalue weighted by molar-refractivity contribution is 7.89. The van der Waals surface area contributed by atoms with E-state index in [1.165, 1.54) is 18.2 Å². The fourth-order valence-corrected chi connectivity index (χ4v) is 3.53. The first-order valence-electron chi connectivity index (χ1n) is 6.03. The summed E-state index contributed by atoms with van der Waals surface area (Å²) in [5.41, 5.74) is 0.669. The minimum atomic E-state index is -3.50. The van der Waals surface area contributed by atoms with Crippen LogP contribution in [-0.2, 0) is 16.6 Å². The van der Waals surface area contributed by atoms with Crippen LogP contribution in [0.4, 0.5) is 4.39 Å². The zero-order valence-corrected chi connectivity index (χ0v) is 11.9. The summed E-state index contributed by atoms with van der Waals surface area (Å²) in [6, 6.07) is 4.08. The Labute approximate surface area is 117 Å². The molecule has 0 aliphatic carbocycles. The Bertz CT molecular complexity index is 565. The molecule has 0 unspecified atom stereocenters. The largest absolute Gasteiger partial charge is 0.295 e. The highest BCUT2D eigenvalue weighted by Crippen LogP contribution is 2.24. The average Bonchev–Trinajstić information content (AvgIpc) is 2.69. The summed E-state index contributed by atoms with van der Waals surface area (Å²) in [5.74, 6) is -0.415. The van der Waals surface area contributed by atoms with E-state index in [1.54, 1.807) is 0 Å². The number of nitrogens with zero attached hydrogens (tertiary/aromatic N) is 1. The molecule has 1 saturated heterocycles. The molecule has 1 aromatic rings. The van der Waals surface area contributed by atoms with E-state index in [0.29, 0.717) is 17.1 Å². The molecule has 0 saturated carbocycles. The predicted molar refractivity (Wildman–Crippen MR) is 72.8 cm³/mol. The maximum Gasteiger partial charge on any atom is 0.210 e. The Kier molecular flexibility index (Phi) is 4.45. The third kappa shape index (κ3) is 4.14. The number of primary sulfonamides is 1. The van der Waals surface area contributed by atoms with Gasteiger partial charge in [0.1, 0.15) is 5.82 Å². The molecule has 1 heterocycles. The van der Waals surface area contributed by atoms with Gasteiger partial charge in [0.05, 0.1) is 5.75 Å². The van der Waals surface area contributed by atoms with Crippen molar-refractivity contribution in [1.29, 1.82) is 0 Å². The molecular weight excluding hydrogens is 291 g/mol. The number of likely N-dealkylation sites (tertiary alicyclic amines) is 1. The van der Waals surface area contributed by atoms with Crippen molar-refractivity contribution >= 4 is 21.6 Å². The Hall–Kier alpha value is -0.690. The lowest BCUT2D eigenvalue weighted by molar-refractivity contribution is 0.261. The topological polar surface area (TPSA) is 63.4 Å². The van der Waals surface area contributed by atoms with Gasteiger partial charge in [-0.25, -0.2) is 17.9 Å². The van der Waals surface area contributed by atoms with Gasteiger partial charge in [-0.05, 0) is 43.1 Å². The summed E-state index contributed by atoms with van der Waals surface area (Å²) in [5, 5.41) is 5.57. The fourth-order valence-electron chi connectivity index (χ4n) is 2.44. The summed E-state index contributed by atoms with van der Waals surface area (Å²) in [6.45, 7) is 1.21. The standard InChI is InChI=1S/C12H16ClFN2O2S/c13-12-4-3-10(14)6-9(12)7-16-5-1-2-11(16)8-19(15,17)18/h3-4,6,11H,1-2,5,7-8H2,(H2,15,17,18)/t11-/m1/s1. The van der Waals surface area contributed by atoms with Gasteiger partial charge in [0.25, 0.3) is 0 Å². The van der Waals surface area contributed by atoms with E-state index in [4.69, 9.17) is 16.7 Å². The summed E-state index contributed by atoms with van der Waals surface area (Å²) >= 11 is 6.02. The van der Waals surface area contributed by atoms with E-state index in [1.807, 2.05) is 4.90 Å². The predicted octanol–water partition coefficient (Wildman–Crippen LogP) is 1.73. The van der Waals surface area contributed by atoms with Gasteiger partial charge in [0, 0.05) is 17.6 Å². The number of benzene rings is 1. The molecule has 0 aromatic heterocycles. The number of hydrogen-bond donors (Lipinski definition) is 1. The normalized spacial score (nSPS) is 20.9. The molecule has 106 valence electrons. The van der Waals surface area contributed by atoms with Crippen molar-refractivity contribution in [2.24, 2.45) is 5.14 Å². The van der Waals surface area contributed by atoms with Crippen molar-refractivity contribution in [3.8, 4) is 0 Å². The van der Waals surface area contributed by atoms with Crippen LogP contribution >= 0.6 is 11.6 Å². The van der Waals surface area contributed by atoms with Gasteiger partial charge in [-0.3, -0.25) is 4.90 Å². The molecule has 1 fully saturated rings. The maximum absolute atomic E-state index is 13.2. The highest BCUT2D eigenvalue weighted by Gasteiger charge is 2.28. The first-order valence-corrected chi connectivity index (χ1v) is 8.13.